The molecule has 1 N–H and O–H groups in total. The van der Waals surface area contributed by atoms with E-state index in [1.165, 1.54) is 17.7 Å². The van der Waals surface area contributed by atoms with Crippen LogP contribution in [0.3, 0.4) is 0 Å². The fourth-order valence-corrected chi connectivity index (χ4v) is 5.67. The Kier molecular flexibility index (Phi) is 4.44. The van der Waals surface area contributed by atoms with Gasteiger partial charge in [0.2, 0.25) is 0 Å². The predicted molar refractivity (Wildman–Crippen MR) is 117 cm³/mol. The summed E-state index contributed by atoms with van der Waals surface area (Å²) in [6.45, 7) is 5.05. The number of rotatable bonds is 3. The van der Waals surface area contributed by atoms with Crippen molar-refractivity contribution in [2.75, 3.05) is 0 Å². The lowest BCUT2D eigenvalue weighted by atomic mass is 9.57. The summed E-state index contributed by atoms with van der Waals surface area (Å²) in [7, 11) is 0. The number of benzene rings is 2. The minimum Gasteiger partial charge on any atom is -0.385 e. The third kappa shape index (κ3) is 2.93. The number of allylic oxidation sites excluding steroid dienone is 1. The van der Waals surface area contributed by atoms with Gasteiger partial charge in [0, 0.05) is 23.4 Å². The average molecular weight is 403 g/mol. The molecule has 2 aromatic carbocycles. The van der Waals surface area contributed by atoms with Gasteiger partial charge in [-0.25, -0.2) is 9.37 Å². The second kappa shape index (κ2) is 6.92. The van der Waals surface area contributed by atoms with Crippen molar-refractivity contribution in [3.8, 4) is 11.3 Å². The molecule has 30 heavy (non-hydrogen) atoms. The number of halogens is 1. The molecule has 0 radical (unpaired) electrons. The first-order chi connectivity index (χ1) is 14.4. The van der Waals surface area contributed by atoms with Gasteiger partial charge in [-0.3, -0.25) is 0 Å². The van der Waals surface area contributed by atoms with E-state index in [0.29, 0.717) is 0 Å². The molecule has 0 spiro atoms. The van der Waals surface area contributed by atoms with Crippen LogP contribution in [0.1, 0.15) is 44.4 Å². The smallest absolute Gasteiger partial charge is 0.123 e. The van der Waals surface area contributed by atoms with Crippen molar-refractivity contribution in [1.82, 2.24) is 9.55 Å². The van der Waals surface area contributed by atoms with Crippen LogP contribution >= 0.6 is 0 Å². The van der Waals surface area contributed by atoms with Gasteiger partial charge in [-0.15, -0.1) is 0 Å². The number of aliphatic hydroxyl groups is 1. The normalized spacial score (nSPS) is 25.1. The van der Waals surface area contributed by atoms with Crippen molar-refractivity contribution in [3.05, 3.63) is 83.6 Å². The monoisotopic (exact) mass is 402 g/mol. The zero-order chi connectivity index (χ0) is 20.9. The van der Waals surface area contributed by atoms with E-state index in [-0.39, 0.29) is 17.2 Å². The molecule has 3 aromatic rings. The number of fused-ring (bicyclic) bond motifs is 2. The Morgan fingerprint density at radius 3 is 2.60 bits per heavy atom. The SMILES string of the molecule is C[C@]12Cn3cnc(-c4ccc(F)cc4)c3C=C1CCC[C@@H]2[C@](C)(O)c1ccccc1. The molecule has 3 atom stereocenters. The summed E-state index contributed by atoms with van der Waals surface area (Å²) in [5, 5.41) is 11.7. The van der Waals surface area contributed by atoms with Gasteiger partial charge >= 0.3 is 0 Å². The van der Waals surface area contributed by atoms with Crippen LogP contribution in [0.25, 0.3) is 17.3 Å². The van der Waals surface area contributed by atoms with E-state index >= 15 is 0 Å². The summed E-state index contributed by atoms with van der Waals surface area (Å²) in [5.41, 5.74) is 4.19. The predicted octanol–water partition coefficient (Wildman–Crippen LogP) is 5.80. The summed E-state index contributed by atoms with van der Waals surface area (Å²) >= 11 is 0. The highest BCUT2D eigenvalue weighted by molar-refractivity contribution is 5.72. The molecule has 2 aliphatic rings. The fourth-order valence-electron chi connectivity index (χ4n) is 5.67. The molecule has 2 heterocycles. The molecule has 0 bridgehead atoms. The van der Waals surface area contributed by atoms with Gasteiger partial charge in [0.05, 0.1) is 23.3 Å². The fraction of sp³-hybridized carbons (Fsp3) is 0.346. The molecule has 1 fully saturated rings. The van der Waals surface area contributed by atoms with Gasteiger partial charge in [0.25, 0.3) is 0 Å². The molecule has 4 heteroatoms. The zero-order valence-electron chi connectivity index (χ0n) is 17.5. The molecule has 1 aliphatic heterocycles. The van der Waals surface area contributed by atoms with Gasteiger partial charge in [-0.2, -0.15) is 0 Å². The first-order valence-electron chi connectivity index (χ1n) is 10.7. The van der Waals surface area contributed by atoms with Crippen LogP contribution in [0.5, 0.6) is 0 Å². The van der Waals surface area contributed by atoms with Crippen LogP contribution in [-0.2, 0) is 12.1 Å². The van der Waals surface area contributed by atoms with E-state index in [1.807, 2.05) is 43.6 Å². The van der Waals surface area contributed by atoms with Crippen LogP contribution in [0.15, 0.2) is 66.5 Å². The van der Waals surface area contributed by atoms with Crippen molar-refractivity contribution in [1.29, 1.82) is 0 Å². The molecule has 154 valence electrons. The van der Waals surface area contributed by atoms with Crippen molar-refractivity contribution in [3.63, 3.8) is 0 Å². The zero-order valence-corrected chi connectivity index (χ0v) is 17.5. The highest BCUT2D eigenvalue weighted by Crippen LogP contribution is 2.55. The standard InChI is InChI=1S/C26H27FN2O/c1-25-16-29-17-28-24(18-11-13-21(27)14-12-18)22(29)15-20(25)9-6-10-23(25)26(2,30)19-7-4-3-5-8-19/h3-5,7-8,11-15,17,23,30H,6,9-10,16H2,1-2H3/t23-,25-,26+/m0/s1. The number of nitrogens with zero attached hydrogens (tertiary/aromatic N) is 2. The Balaban J connectivity index is 1.56. The lowest BCUT2D eigenvalue weighted by Gasteiger charge is -2.51. The van der Waals surface area contributed by atoms with Crippen molar-refractivity contribution >= 4 is 6.08 Å². The first-order valence-corrected chi connectivity index (χ1v) is 10.7. The van der Waals surface area contributed by atoms with Gasteiger partial charge < -0.3 is 9.67 Å². The molecule has 0 unspecified atom stereocenters. The van der Waals surface area contributed by atoms with E-state index in [1.54, 1.807) is 12.1 Å². The van der Waals surface area contributed by atoms with Crippen molar-refractivity contribution in [2.45, 2.75) is 45.3 Å². The van der Waals surface area contributed by atoms with E-state index in [4.69, 9.17) is 0 Å². The topological polar surface area (TPSA) is 38.0 Å². The summed E-state index contributed by atoms with van der Waals surface area (Å²) in [6.07, 6.45) is 7.24. The van der Waals surface area contributed by atoms with Crippen LogP contribution in [0, 0.1) is 17.2 Å². The summed E-state index contributed by atoms with van der Waals surface area (Å²) in [5.74, 6) is -0.131. The van der Waals surface area contributed by atoms with Crippen LogP contribution < -0.4 is 0 Å². The van der Waals surface area contributed by atoms with Gasteiger partial charge in [0.1, 0.15) is 5.82 Å². The summed E-state index contributed by atoms with van der Waals surface area (Å²) in [4.78, 5) is 4.67. The molecule has 0 saturated heterocycles. The van der Waals surface area contributed by atoms with Crippen molar-refractivity contribution < 1.29 is 9.50 Å². The molecule has 1 aliphatic carbocycles. The Bertz CT molecular complexity index is 1100. The Labute approximate surface area is 176 Å². The lowest BCUT2D eigenvalue weighted by Crippen LogP contribution is -2.48. The van der Waals surface area contributed by atoms with Crippen LogP contribution in [0.2, 0.25) is 0 Å². The highest BCUT2D eigenvalue weighted by atomic mass is 19.1. The number of aromatic nitrogens is 2. The average Bonchev–Trinajstić information content (AvgIpc) is 3.14. The molecule has 0 amide bonds. The maximum atomic E-state index is 13.4. The Hall–Kier alpha value is -2.72. The molecule has 5 rings (SSSR count). The number of hydrogen-bond acceptors (Lipinski definition) is 2. The number of hydrogen-bond donors (Lipinski definition) is 1. The third-order valence-corrected chi connectivity index (χ3v) is 7.28. The first kappa shape index (κ1) is 19.3. The highest BCUT2D eigenvalue weighted by Gasteiger charge is 2.51. The quantitative estimate of drug-likeness (QED) is 0.601. The minimum absolute atomic E-state index is 0.109. The van der Waals surface area contributed by atoms with Gasteiger partial charge in [-0.1, -0.05) is 42.8 Å². The second-order valence-electron chi connectivity index (χ2n) is 9.16. The van der Waals surface area contributed by atoms with Gasteiger partial charge in [-0.05, 0) is 62.1 Å². The molecule has 1 saturated carbocycles. The van der Waals surface area contributed by atoms with Crippen LogP contribution in [-0.4, -0.2) is 14.7 Å². The summed E-state index contributed by atoms with van der Waals surface area (Å²) in [6, 6.07) is 16.6. The van der Waals surface area contributed by atoms with Crippen LogP contribution in [0.4, 0.5) is 4.39 Å². The molecular weight excluding hydrogens is 375 g/mol. The Morgan fingerprint density at radius 2 is 1.87 bits per heavy atom. The van der Waals surface area contributed by atoms with E-state index in [9.17, 15) is 9.50 Å². The van der Waals surface area contributed by atoms with E-state index in [0.717, 1.165) is 48.3 Å². The number of imidazole rings is 1. The largest absolute Gasteiger partial charge is 0.385 e. The maximum Gasteiger partial charge on any atom is 0.123 e. The lowest BCUT2D eigenvalue weighted by molar-refractivity contribution is -0.0713. The van der Waals surface area contributed by atoms with Gasteiger partial charge in [0.15, 0.2) is 0 Å². The molecule has 1 aromatic heterocycles. The minimum atomic E-state index is -0.909. The van der Waals surface area contributed by atoms with E-state index < -0.39 is 5.60 Å². The second-order valence-corrected chi connectivity index (χ2v) is 9.16. The van der Waals surface area contributed by atoms with E-state index in [2.05, 4.69) is 22.6 Å². The molecular formula is C26H27FN2O. The Morgan fingerprint density at radius 1 is 1.13 bits per heavy atom. The molecule has 3 nitrogen and oxygen atoms in total. The maximum absolute atomic E-state index is 13.4. The van der Waals surface area contributed by atoms with Crippen molar-refractivity contribution in [2.24, 2.45) is 11.3 Å². The third-order valence-electron chi connectivity index (χ3n) is 7.28. The summed E-state index contributed by atoms with van der Waals surface area (Å²) < 4.78 is 15.6.